The number of aliphatic carboxylic acids is 2. The van der Waals surface area contributed by atoms with E-state index >= 15 is 0 Å². The van der Waals surface area contributed by atoms with Gasteiger partial charge in [0.25, 0.3) is 0 Å². The Morgan fingerprint density at radius 3 is 2.56 bits per heavy atom. The van der Waals surface area contributed by atoms with E-state index < -0.39 is 36.0 Å². The minimum Gasteiger partial charge on any atom is -0.480 e. The monoisotopic (exact) mass is 376 g/mol. The molecule has 2 aliphatic heterocycles. The number of hydrogen-bond donors (Lipinski definition) is 3. The second-order valence-corrected chi connectivity index (χ2v) is 7.17. The van der Waals surface area contributed by atoms with Crippen LogP contribution in [-0.2, 0) is 25.5 Å². The first-order valence-corrected chi connectivity index (χ1v) is 9.04. The third-order valence-corrected chi connectivity index (χ3v) is 5.33. The van der Waals surface area contributed by atoms with Gasteiger partial charge in [-0.3, -0.25) is 14.9 Å². The van der Waals surface area contributed by atoms with Crippen LogP contribution in [0.1, 0.15) is 18.9 Å². The van der Waals surface area contributed by atoms with Crippen molar-refractivity contribution in [2.24, 2.45) is 5.92 Å². The average molecular weight is 376 g/mol. The van der Waals surface area contributed by atoms with Gasteiger partial charge in [0.2, 0.25) is 5.91 Å². The van der Waals surface area contributed by atoms with Crippen LogP contribution in [0.2, 0.25) is 0 Å². The van der Waals surface area contributed by atoms with Crippen LogP contribution in [0.15, 0.2) is 30.3 Å². The third kappa shape index (κ3) is 4.12. The van der Waals surface area contributed by atoms with Gasteiger partial charge in [-0.1, -0.05) is 30.3 Å². The number of ether oxygens (including phenoxy) is 1. The van der Waals surface area contributed by atoms with Crippen LogP contribution in [0.3, 0.4) is 0 Å². The SMILES string of the molecule is CC(N[C@@H](Cc1ccccc1)C(=O)O)C(=O)N1C2COCC2C[C@H]1C(=O)O. The summed E-state index contributed by atoms with van der Waals surface area (Å²) in [4.78, 5) is 37.6. The number of carbonyl (C=O) groups excluding carboxylic acids is 1. The number of carbonyl (C=O) groups is 3. The van der Waals surface area contributed by atoms with Gasteiger partial charge in [-0.05, 0) is 25.3 Å². The van der Waals surface area contributed by atoms with E-state index in [1.54, 1.807) is 6.92 Å². The molecular formula is C19H24N2O6. The molecule has 0 spiro atoms. The number of amides is 1. The fourth-order valence-corrected chi connectivity index (χ4v) is 3.95. The molecule has 5 atom stereocenters. The van der Waals surface area contributed by atoms with Crippen LogP contribution in [-0.4, -0.2) is 70.3 Å². The quantitative estimate of drug-likeness (QED) is 0.629. The number of carboxylic acids is 2. The number of hydrogen-bond acceptors (Lipinski definition) is 5. The molecule has 2 heterocycles. The maximum absolute atomic E-state index is 13.0. The zero-order chi connectivity index (χ0) is 19.6. The molecule has 146 valence electrons. The molecular weight excluding hydrogens is 352 g/mol. The van der Waals surface area contributed by atoms with E-state index in [4.69, 9.17) is 4.74 Å². The van der Waals surface area contributed by atoms with Gasteiger partial charge in [0.15, 0.2) is 0 Å². The number of likely N-dealkylation sites (tertiary alicyclic amines) is 1. The van der Waals surface area contributed by atoms with E-state index in [0.29, 0.717) is 19.6 Å². The highest BCUT2D eigenvalue weighted by atomic mass is 16.5. The molecule has 1 amide bonds. The van der Waals surface area contributed by atoms with E-state index in [9.17, 15) is 24.6 Å². The largest absolute Gasteiger partial charge is 0.480 e. The smallest absolute Gasteiger partial charge is 0.326 e. The highest BCUT2D eigenvalue weighted by Gasteiger charge is 2.50. The van der Waals surface area contributed by atoms with Gasteiger partial charge < -0.3 is 19.8 Å². The van der Waals surface area contributed by atoms with Gasteiger partial charge >= 0.3 is 11.9 Å². The molecule has 8 nitrogen and oxygen atoms in total. The minimum atomic E-state index is -1.06. The summed E-state index contributed by atoms with van der Waals surface area (Å²) < 4.78 is 5.40. The molecule has 3 N–H and O–H groups in total. The first-order chi connectivity index (χ1) is 12.9. The second-order valence-electron chi connectivity index (χ2n) is 7.17. The van der Waals surface area contributed by atoms with Gasteiger partial charge in [-0.15, -0.1) is 0 Å². The third-order valence-electron chi connectivity index (χ3n) is 5.33. The molecule has 0 aromatic heterocycles. The minimum absolute atomic E-state index is 0.0156. The zero-order valence-electron chi connectivity index (χ0n) is 15.1. The molecule has 0 bridgehead atoms. The van der Waals surface area contributed by atoms with Gasteiger partial charge in [0.05, 0.1) is 25.3 Å². The van der Waals surface area contributed by atoms with Crippen molar-refractivity contribution < 1.29 is 29.3 Å². The highest BCUT2D eigenvalue weighted by Crippen LogP contribution is 2.35. The van der Waals surface area contributed by atoms with Crippen molar-refractivity contribution in [1.29, 1.82) is 0 Å². The molecule has 2 saturated heterocycles. The fourth-order valence-electron chi connectivity index (χ4n) is 3.95. The van der Waals surface area contributed by atoms with Gasteiger partial charge in [0, 0.05) is 5.92 Å². The molecule has 0 aliphatic carbocycles. The number of fused-ring (bicyclic) bond motifs is 1. The lowest BCUT2D eigenvalue weighted by Gasteiger charge is -2.31. The van der Waals surface area contributed by atoms with E-state index in [0.717, 1.165) is 5.56 Å². The fraction of sp³-hybridized carbons (Fsp3) is 0.526. The summed E-state index contributed by atoms with van der Waals surface area (Å²) in [6, 6.07) is 6.22. The van der Waals surface area contributed by atoms with Crippen LogP contribution in [0, 0.1) is 5.92 Å². The topological polar surface area (TPSA) is 116 Å². The number of rotatable bonds is 7. The Bertz CT molecular complexity index is 709. The van der Waals surface area contributed by atoms with Crippen molar-refractivity contribution in [2.75, 3.05) is 13.2 Å². The lowest BCUT2D eigenvalue weighted by molar-refractivity contribution is -0.151. The summed E-state index contributed by atoms with van der Waals surface area (Å²) in [6.45, 7) is 2.34. The van der Waals surface area contributed by atoms with E-state index in [1.165, 1.54) is 4.90 Å². The molecule has 3 unspecified atom stereocenters. The van der Waals surface area contributed by atoms with Crippen LogP contribution in [0.4, 0.5) is 0 Å². The van der Waals surface area contributed by atoms with Crippen LogP contribution >= 0.6 is 0 Å². The summed E-state index contributed by atoms with van der Waals surface area (Å²) in [5, 5.41) is 21.9. The number of nitrogens with zero attached hydrogens (tertiary/aromatic N) is 1. The Morgan fingerprint density at radius 1 is 1.22 bits per heavy atom. The Labute approximate surface area is 157 Å². The van der Waals surface area contributed by atoms with Crippen LogP contribution in [0.25, 0.3) is 0 Å². The van der Waals surface area contributed by atoms with Crippen molar-refractivity contribution in [3.63, 3.8) is 0 Å². The number of carboxylic acid groups (broad SMARTS) is 2. The highest BCUT2D eigenvalue weighted by molar-refractivity contribution is 5.88. The van der Waals surface area contributed by atoms with Gasteiger partial charge in [-0.2, -0.15) is 0 Å². The molecule has 8 heteroatoms. The number of nitrogens with one attached hydrogen (secondary N) is 1. The summed E-state index contributed by atoms with van der Waals surface area (Å²) in [6.07, 6.45) is 0.593. The predicted molar refractivity (Wildman–Crippen MR) is 95.2 cm³/mol. The Kier molecular flexibility index (Phi) is 5.76. The molecule has 2 fully saturated rings. The van der Waals surface area contributed by atoms with E-state index in [-0.39, 0.29) is 18.4 Å². The van der Waals surface area contributed by atoms with E-state index in [1.807, 2.05) is 30.3 Å². The Morgan fingerprint density at radius 2 is 1.93 bits per heavy atom. The maximum Gasteiger partial charge on any atom is 0.326 e. The summed E-state index contributed by atoms with van der Waals surface area (Å²) >= 11 is 0. The van der Waals surface area contributed by atoms with Crippen molar-refractivity contribution >= 4 is 17.8 Å². The van der Waals surface area contributed by atoms with Crippen molar-refractivity contribution in [3.05, 3.63) is 35.9 Å². The normalized spacial score (nSPS) is 26.4. The summed E-state index contributed by atoms with van der Waals surface area (Å²) in [5.41, 5.74) is 0.839. The maximum atomic E-state index is 13.0. The predicted octanol–water partition coefficient (Wildman–Crippen LogP) is 0.361. The standard InChI is InChI=1S/C19H24N2O6/c1-11(20-14(18(23)24)7-12-5-3-2-4-6-12)17(22)21-15(19(25)26)8-13-9-27-10-16(13)21/h2-6,11,13-16,20H,7-10H2,1H3,(H,23,24)(H,25,26)/t11?,13?,14-,15-,16?/m0/s1. The van der Waals surface area contributed by atoms with Crippen LogP contribution in [0.5, 0.6) is 0 Å². The molecule has 1 aromatic rings. The molecule has 3 rings (SSSR count). The second kappa shape index (κ2) is 8.06. The first kappa shape index (κ1) is 19.3. The lowest BCUT2D eigenvalue weighted by Crippen LogP contribution is -2.56. The van der Waals surface area contributed by atoms with Crippen LogP contribution < -0.4 is 5.32 Å². The van der Waals surface area contributed by atoms with Crippen molar-refractivity contribution in [3.8, 4) is 0 Å². The summed E-state index contributed by atoms with van der Waals surface area (Å²) in [5.74, 6) is -2.48. The summed E-state index contributed by atoms with van der Waals surface area (Å²) in [7, 11) is 0. The number of benzene rings is 1. The molecule has 0 saturated carbocycles. The average Bonchev–Trinajstić information content (AvgIpc) is 3.22. The van der Waals surface area contributed by atoms with Gasteiger partial charge in [0.1, 0.15) is 12.1 Å². The van der Waals surface area contributed by atoms with E-state index in [2.05, 4.69) is 5.32 Å². The van der Waals surface area contributed by atoms with Crippen molar-refractivity contribution in [1.82, 2.24) is 10.2 Å². The lowest BCUT2D eigenvalue weighted by atomic mass is 10.0. The molecule has 27 heavy (non-hydrogen) atoms. The van der Waals surface area contributed by atoms with Crippen molar-refractivity contribution in [2.45, 2.75) is 43.9 Å². The molecule has 1 aromatic carbocycles. The molecule has 0 radical (unpaired) electrons. The van der Waals surface area contributed by atoms with Gasteiger partial charge in [-0.25, -0.2) is 4.79 Å². The Hall–Kier alpha value is -2.45. The first-order valence-electron chi connectivity index (χ1n) is 9.04. The zero-order valence-corrected chi connectivity index (χ0v) is 15.1. The molecule has 2 aliphatic rings. The Balaban J connectivity index is 1.71.